The maximum absolute atomic E-state index is 12.7. The zero-order valence-corrected chi connectivity index (χ0v) is 15.7. The molecule has 154 valence electrons. The number of sulfonamides is 1. The van der Waals surface area contributed by atoms with Crippen molar-refractivity contribution >= 4 is 44.8 Å². The van der Waals surface area contributed by atoms with Crippen LogP contribution in [0.2, 0.25) is 5.02 Å². The molecule has 0 spiro atoms. The molecule has 0 bridgehead atoms. The standard InChI is InChI=1S/C17H11ClF3NO6S/c18-12-7-10(17(19,20)21)4-5-15(12)29(27,28)22-11-3-1-2-9(6-11)13(23)8-14(24)16(25)26/h1-7,22H,8H2,(H,25,26). The monoisotopic (exact) mass is 449 g/mol. The highest BCUT2D eigenvalue weighted by molar-refractivity contribution is 7.92. The number of carboxylic acid groups (broad SMARTS) is 1. The molecule has 0 aliphatic rings. The Kier molecular flexibility index (Phi) is 6.34. The average Bonchev–Trinajstić information content (AvgIpc) is 2.60. The summed E-state index contributed by atoms with van der Waals surface area (Å²) in [4.78, 5) is 33.0. The van der Waals surface area contributed by atoms with Gasteiger partial charge in [0.25, 0.3) is 10.0 Å². The van der Waals surface area contributed by atoms with Crippen molar-refractivity contribution < 1.29 is 41.1 Å². The molecule has 12 heteroatoms. The second-order valence-corrected chi connectivity index (χ2v) is 7.72. The van der Waals surface area contributed by atoms with Crippen LogP contribution >= 0.6 is 11.6 Å². The predicted octanol–water partition coefficient (Wildman–Crippen LogP) is 3.39. The van der Waals surface area contributed by atoms with Crippen LogP contribution in [-0.2, 0) is 25.8 Å². The van der Waals surface area contributed by atoms with Crippen LogP contribution in [0.5, 0.6) is 0 Å². The summed E-state index contributed by atoms with van der Waals surface area (Å²) in [7, 11) is -4.41. The minimum atomic E-state index is -4.71. The van der Waals surface area contributed by atoms with Crippen LogP contribution in [0, 0.1) is 0 Å². The number of carbonyl (C=O) groups is 3. The van der Waals surface area contributed by atoms with Gasteiger partial charge in [-0.2, -0.15) is 13.2 Å². The molecule has 0 unspecified atom stereocenters. The van der Waals surface area contributed by atoms with E-state index in [0.29, 0.717) is 18.2 Å². The number of halogens is 4. The highest BCUT2D eigenvalue weighted by atomic mass is 35.5. The lowest BCUT2D eigenvalue weighted by atomic mass is 10.1. The molecule has 0 atom stereocenters. The molecule has 0 saturated heterocycles. The number of nitrogens with one attached hydrogen (secondary N) is 1. The molecule has 2 aromatic rings. The van der Waals surface area contributed by atoms with Gasteiger partial charge in [-0.15, -0.1) is 0 Å². The number of hydrogen-bond donors (Lipinski definition) is 2. The molecule has 2 N–H and O–H groups in total. The maximum atomic E-state index is 12.7. The van der Waals surface area contributed by atoms with Gasteiger partial charge in [0.1, 0.15) is 4.90 Å². The summed E-state index contributed by atoms with van der Waals surface area (Å²) in [5.74, 6) is -3.98. The Morgan fingerprint density at radius 3 is 2.28 bits per heavy atom. The molecular formula is C17H11ClF3NO6S. The average molecular weight is 450 g/mol. The van der Waals surface area contributed by atoms with Crippen molar-refractivity contribution in [3.8, 4) is 0 Å². The summed E-state index contributed by atoms with van der Waals surface area (Å²) in [5, 5.41) is 7.87. The molecule has 29 heavy (non-hydrogen) atoms. The summed E-state index contributed by atoms with van der Waals surface area (Å²) in [5.41, 5.74) is -1.41. The third-order valence-corrected chi connectivity index (χ3v) is 5.41. The Balaban J connectivity index is 2.28. The van der Waals surface area contributed by atoms with E-state index in [1.807, 2.05) is 0 Å². The Morgan fingerprint density at radius 2 is 1.72 bits per heavy atom. The molecule has 0 fully saturated rings. The Labute approximate surface area is 167 Å². The number of benzene rings is 2. The van der Waals surface area contributed by atoms with Gasteiger partial charge < -0.3 is 5.11 Å². The minimum Gasteiger partial charge on any atom is -0.475 e. The van der Waals surface area contributed by atoms with Crippen LogP contribution in [0.4, 0.5) is 18.9 Å². The number of Topliss-reactive ketones (excluding diaryl/α,β-unsaturated/α-hetero) is 2. The molecule has 0 heterocycles. The topological polar surface area (TPSA) is 118 Å². The summed E-state index contributed by atoms with van der Waals surface area (Å²) in [6, 6.07) is 6.50. The third-order valence-electron chi connectivity index (χ3n) is 3.55. The fourth-order valence-electron chi connectivity index (χ4n) is 2.18. The fourth-order valence-corrected chi connectivity index (χ4v) is 3.78. The maximum Gasteiger partial charge on any atom is 0.416 e. The number of anilines is 1. The lowest BCUT2D eigenvalue weighted by Crippen LogP contribution is -2.18. The second-order valence-electron chi connectivity index (χ2n) is 5.66. The van der Waals surface area contributed by atoms with Crippen molar-refractivity contribution in [1.82, 2.24) is 0 Å². The van der Waals surface area contributed by atoms with E-state index in [4.69, 9.17) is 16.7 Å². The molecule has 0 saturated carbocycles. The van der Waals surface area contributed by atoms with Crippen LogP contribution in [0.15, 0.2) is 47.4 Å². The van der Waals surface area contributed by atoms with E-state index in [1.165, 1.54) is 18.2 Å². The van der Waals surface area contributed by atoms with Gasteiger partial charge in [0.15, 0.2) is 5.78 Å². The van der Waals surface area contributed by atoms with Crippen LogP contribution in [0.3, 0.4) is 0 Å². The first-order valence-corrected chi connectivity index (χ1v) is 9.46. The fraction of sp³-hybridized carbons (Fsp3) is 0.118. The molecule has 0 aliphatic carbocycles. The zero-order chi connectivity index (χ0) is 22.0. The second kappa shape index (κ2) is 8.21. The smallest absolute Gasteiger partial charge is 0.416 e. The number of alkyl halides is 3. The molecule has 0 aromatic heterocycles. The minimum absolute atomic E-state index is 0.140. The first-order valence-electron chi connectivity index (χ1n) is 7.60. The van der Waals surface area contributed by atoms with Gasteiger partial charge >= 0.3 is 12.1 Å². The van der Waals surface area contributed by atoms with Crippen LogP contribution in [0.25, 0.3) is 0 Å². The van der Waals surface area contributed by atoms with Crippen LogP contribution < -0.4 is 4.72 Å². The van der Waals surface area contributed by atoms with E-state index in [-0.39, 0.29) is 11.3 Å². The molecular weight excluding hydrogens is 439 g/mol. The van der Waals surface area contributed by atoms with E-state index in [1.54, 1.807) is 0 Å². The first-order chi connectivity index (χ1) is 13.3. The number of aliphatic carboxylic acids is 1. The largest absolute Gasteiger partial charge is 0.475 e. The summed E-state index contributed by atoms with van der Waals surface area (Å²) in [6.45, 7) is 0. The molecule has 2 aromatic carbocycles. The van der Waals surface area contributed by atoms with Gasteiger partial charge in [0, 0.05) is 11.3 Å². The highest BCUT2D eigenvalue weighted by Crippen LogP contribution is 2.33. The number of carboxylic acids is 1. The number of rotatable bonds is 7. The third kappa shape index (κ3) is 5.55. The zero-order valence-electron chi connectivity index (χ0n) is 14.2. The summed E-state index contributed by atoms with van der Waals surface area (Å²) in [6.07, 6.45) is -5.63. The van der Waals surface area contributed by atoms with E-state index in [9.17, 15) is 36.0 Å². The summed E-state index contributed by atoms with van der Waals surface area (Å²) < 4.78 is 65.0. The quantitative estimate of drug-likeness (QED) is 0.380. The molecule has 0 aliphatic heterocycles. The van der Waals surface area contributed by atoms with E-state index < -0.39 is 55.6 Å². The number of hydrogen-bond acceptors (Lipinski definition) is 5. The normalized spacial score (nSPS) is 11.7. The summed E-state index contributed by atoms with van der Waals surface area (Å²) >= 11 is 5.69. The lowest BCUT2D eigenvalue weighted by molar-refractivity contribution is -0.148. The SMILES string of the molecule is O=C(O)C(=O)CC(=O)c1cccc(NS(=O)(=O)c2ccc(C(F)(F)F)cc2Cl)c1. The van der Waals surface area contributed by atoms with E-state index in [0.717, 1.165) is 6.07 Å². The van der Waals surface area contributed by atoms with E-state index >= 15 is 0 Å². The van der Waals surface area contributed by atoms with Crippen LogP contribution in [-0.4, -0.2) is 31.1 Å². The van der Waals surface area contributed by atoms with E-state index in [2.05, 4.69) is 4.72 Å². The van der Waals surface area contributed by atoms with Crippen molar-refractivity contribution in [3.05, 3.63) is 58.6 Å². The van der Waals surface area contributed by atoms with Crippen LogP contribution in [0.1, 0.15) is 22.3 Å². The molecule has 0 amide bonds. The van der Waals surface area contributed by atoms with Gasteiger partial charge in [-0.1, -0.05) is 23.7 Å². The molecule has 0 radical (unpaired) electrons. The Hall–Kier alpha value is -2.92. The van der Waals surface area contributed by atoms with Crippen molar-refractivity contribution in [3.63, 3.8) is 0 Å². The molecule has 7 nitrogen and oxygen atoms in total. The van der Waals surface area contributed by atoms with Crippen molar-refractivity contribution in [2.24, 2.45) is 0 Å². The van der Waals surface area contributed by atoms with Gasteiger partial charge in [-0.05, 0) is 30.3 Å². The van der Waals surface area contributed by atoms with Crippen molar-refractivity contribution in [1.29, 1.82) is 0 Å². The van der Waals surface area contributed by atoms with Gasteiger partial charge in [-0.25, -0.2) is 13.2 Å². The van der Waals surface area contributed by atoms with Gasteiger partial charge in [-0.3, -0.25) is 14.3 Å². The Morgan fingerprint density at radius 1 is 1.07 bits per heavy atom. The Bertz CT molecular complexity index is 1100. The van der Waals surface area contributed by atoms with Crippen molar-refractivity contribution in [2.75, 3.05) is 4.72 Å². The first kappa shape index (κ1) is 22.4. The number of ketones is 2. The van der Waals surface area contributed by atoms with Gasteiger partial charge in [0.05, 0.1) is 17.0 Å². The van der Waals surface area contributed by atoms with Gasteiger partial charge in [0.2, 0.25) is 5.78 Å². The predicted molar refractivity (Wildman–Crippen MR) is 95.3 cm³/mol. The lowest BCUT2D eigenvalue weighted by Gasteiger charge is -2.12. The molecule has 2 rings (SSSR count). The highest BCUT2D eigenvalue weighted by Gasteiger charge is 2.32. The van der Waals surface area contributed by atoms with Crippen molar-refractivity contribution in [2.45, 2.75) is 17.5 Å². The number of carbonyl (C=O) groups excluding carboxylic acids is 2.